The van der Waals surface area contributed by atoms with Crippen LogP contribution in [-0.4, -0.2) is 29.1 Å². The first-order valence-electron chi connectivity index (χ1n) is 6.29. The van der Waals surface area contributed by atoms with E-state index in [1.807, 2.05) is 0 Å². The van der Waals surface area contributed by atoms with E-state index in [-0.39, 0.29) is 11.6 Å². The SMILES string of the molecule is C[C@@H]1CN(c2ccncc2C(F)(F)F)CC[C@@H]1C(=O)O. The van der Waals surface area contributed by atoms with Gasteiger partial charge < -0.3 is 10.0 Å². The van der Waals surface area contributed by atoms with Crippen LogP contribution in [0.15, 0.2) is 18.5 Å². The fourth-order valence-electron chi connectivity index (χ4n) is 2.61. The molecule has 0 bridgehead atoms. The molecule has 0 spiro atoms. The second-order valence-electron chi connectivity index (χ2n) is 5.05. The molecule has 0 radical (unpaired) electrons. The summed E-state index contributed by atoms with van der Waals surface area (Å²) in [4.78, 5) is 16.1. The molecule has 1 aromatic heterocycles. The first-order valence-corrected chi connectivity index (χ1v) is 6.29. The number of rotatable bonds is 2. The Morgan fingerprint density at radius 2 is 2.20 bits per heavy atom. The predicted octanol–water partition coefficient (Wildman–Crippen LogP) is 2.65. The summed E-state index contributed by atoms with van der Waals surface area (Å²) in [7, 11) is 0. The zero-order chi connectivity index (χ0) is 14.9. The normalized spacial score (nSPS) is 23.7. The Balaban J connectivity index is 2.24. The van der Waals surface area contributed by atoms with Gasteiger partial charge in [0.25, 0.3) is 0 Å². The summed E-state index contributed by atoms with van der Waals surface area (Å²) in [5.41, 5.74) is -0.704. The van der Waals surface area contributed by atoms with Crippen LogP contribution in [0.4, 0.5) is 18.9 Å². The largest absolute Gasteiger partial charge is 0.481 e. The summed E-state index contributed by atoms with van der Waals surface area (Å²) in [6.07, 6.45) is -1.99. The van der Waals surface area contributed by atoms with Gasteiger partial charge >= 0.3 is 12.1 Å². The summed E-state index contributed by atoms with van der Waals surface area (Å²) in [5.74, 6) is -1.58. The van der Waals surface area contributed by atoms with Crippen molar-refractivity contribution in [2.24, 2.45) is 11.8 Å². The van der Waals surface area contributed by atoms with E-state index in [1.54, 1.807) is 11.8 Å². The second-order valence-corrected chi connectivity index (χ2v) is 5.05. The smallest absolute Gasteiger partial charge is 0.419 e. The molecular weight excluding hydrogens is 273 g/mol. The van der Waals surface area contributed by atoms with Crippen molar-refractivity contribution < 1.29 is 23.1 Å². The van der Waals surface area contributed by atoms with Crippen molar-refractivity contribution in [3.63, 3.8) is 0 Å². The third-order valence-electron chi connectivity index (χ3n) is 3.67. The van der Waals surface area contributed by atoms with Gasteiger partial charge in [-0.25, -0.2) is 0 Å². The van der Waals surface area contributed by atoms with Crippen LogP contribution in [-0.2, 0) is 11.0 Å². The standard InChI is InChI=1S/C13H15F3N2O2/c1-8-7-18(5-3-9(8)12(19)20)11-2-4-17-6-10(11)13(14,15)16/h2,4,6,8-9H,3,5,7H2,1H3,(H,19,20)/t8-,9+/m1/s1. The van der Waals surface area contributed by atoms with E-state index in [2.05, 4.69) is 4.98 Å². The number of pyridine rings is 1. The van der Waals surface area contributed by atoms with Crippen LogP contribution in [0.1, 0.15) is 18.9 Å². The average molecular weight is 288 g/mol. The molecular formula is C13H15F3N2O2. The lowest BCUT2D eigenvalue weighted by Crippen LogP contribution is -2.42. The third-order valence-corrected chi connectivity index (χ3v) is 3.67. The summed E-state index contributed by atoms with van der Waals surface area (Å²) >= 11 is 0. The Labute approximate surface area is 114 Å². The van der Waals surface area contributed by atoms with Gasteiger partial charge in [0, 0.05) is 25.5 Å². The maximum Gasteiger partial charge on any atom is 0.419 e. The molecule has 7 heteroatoms. The lowest BCUT2D eigenvalue weighted by molar-refractivity contribution is -0.144. The maximum atomic E-state index is 12.9. The molecule has 4 nitrogen and oxygen atoms in total. The molecule has 0 aromatic carbocycles. The summed E-state index contributed by atoms with van der Waals surface area (Å²) in [5, 5.41) is 9.04. The highest BCUT2D eigenvalue weighted by molar-refractivity contribution is 5.71. The lowest BCUT2D eigenvalue weighted by Gasteiger charge is -2.37. The number of aromatic nitrogens is 1. The molecule has 1 aromatic rings. The molecule has 1 fully saturated rings. The molecule has 1 saturated heterocycles. The van der Waals surface area contributed by atoms with E-state index in [4.69, 9.17) is 5.11 Å². The second kappa shape index (κ2) is 5.30. The van der Waals surface area contributed by atoms with Crippen molar-refractivity contribution in [2.75, 3.05) is 18.0 Å². The zero-order valence-electron chi connectivity index (χ0n) is 10.9. The van der Waals surface area contributed by atoms with Gasteiger partial charge in [0.15, 0.2) is 0 Å². The molecule has 0 aliphatic carbocycles. The number of hydrogen-bond acceptors (Lipinski definition) is 3. The highest BCUT2D eigenvalue weighted by Crippen LogP contribution is 2.37. The molecule has 1 aliphatic heterocycles. The van der Waals surface area contributed by atoms with Gasteiger partial charge in [-0.15, -0.1) is 0 Å². The fraction of sp³-hybridized carbons (Fsp3) is 0.538. The minimum Gasteiger partial charge on any atom is -0.481 e. The molecule has 0 amide bonds. The number of halogens is 3. The summed E-state index contributed by atoms with van der Waals surface area (Å²) in [6, 6.07) is 1.33. The molecule has 2 atom stereocenters. The highest BCUT2D eigenvalue weighted by atomic mass is 19.4. The summed E-state index contributed by atoms with van der Waals surface area (Å²) < 4.78 is 38.8. The number of carbonyl (C=O) groups is 1. The number of nitrogens with zero attached hydrogens (tertiary/aromatic N) is 2. The van der Waals surface area contributed by atoms with Crippen molar-refractivity contribution in [1.82, 2.24) is 4.98 Å². The van der Waals surface area contributed by atoms with Crippen molar-refractivity contribution in [2.45, 2.75) is 19.5 Å². The quantitative estimate of drug-likeness (QED) is 0.909. The van der Waals surface area contributed by atoms with Gasteiger partial charge in [0.2, 0.25) is 0 Å². The van der Waals surface area contributed by atoms with Gasteiger partial charge in [0.1, 0.15) is 0 Å². The van der Waals surface area contributed by atoms with Crippen molar-refractivity contribution >= 4 is 11.7 Å². The van der Waals surface area contributed by atoms with Crippen LogP contribution in [0, 0.1) is 11.8 Å². The Morgan fingerprint density at radius 1 is 1.50 bits per heavy atom. The number of carboxylic acid groups (broad SMARTS) is 1. The molecule has 20 heavy (non-hydrogen) atoms. The van der Waals surface area contributed by atoms with Crippen LogP contribution >= 0.6 is 0 Å². The van der Waals surface area contributed by atoms with E-state index < -0.39 is 23.6 Å². The summed E-state index contributed by atoms with van der Waals surface area (Å²) in [6.45, 7) is 2.35. The highest BCUT2D eigenvalue weighted by Gasteiger charge is 2.38. The van der Waals surface area contributed by atoms with Crippen molar-refractivity contribution in [3.05, 3.63) is 24.0 Å². The fourth-order valence-corrected chi connectivity index (χ4v) is 2.61. The molecule has 2 heterocycles. The molecule has 110 valence electrons. The molecule has 0 unspecified atom stereocenters. The monoisotopic (exact) mass is 288 g/mol. The number of aliphatic carboxylic acids is 1. The van der Waals surface area contributed by atoms with Gasteiger partial charge in [-0.1, -0.05) is 6.92 Å². The Hall–Kier alpha value is -1.79. The van der Waals surface area contributed by atoms with Gasteiger partial charge in [-0.05, 0) is 18.4 Å². The lowest BCUT2D eigenvalue weighted by atomic mass is 9.86. The number of piperidine rings is 1. The van der Waals surface area contributed by atoms with Crippen LogP contribution in [0.2, 0.25) is 0 Å². The van der Waals surface area contributed by atoms with Crippen LogP contribution < -0.4 is 4.90 Å². The van der Waals surface area contributed by atoms with E-state index in [1.165, 1.54) is 12.3 Å². The first kappa shape index (κ1) is 14.6. The number of hydrogen-bond donors (Lipinski definition) is 1. The average Bonchev–Trinajstić information content (AvgIpc) is 2.37. The Kier molecular flexibility index (Phi) is 3.87. The Morgan fingerprint density at radius 3 is 2.75 bits per heavy atom. The number of anilines is 1. The van der Waals surface area contributed by atoms with E-state index in [0.29, 0.717) is 19.5 Å². The van der Waals surface area contributed by atoms with Gasteiger partial charge in [-0.3, -0.25) is 9.78 Å². The topological polar surface area (TPSA) is 53.4 Å². The molecule has 1 aliphatic rings. The van der Waals surface area contributed by atoms with E-state index in [0.717, 1.165) is 6.20 Å². The Bertz CT molecular complexity index is 505. The minimum absolute atomic E-state index is 0.0724. The third kappa shape index (κ3) is 2.86. The van der Waals surface area contributed by atoms with Crippen molar-refractivity contribution in [1.29, 1.82) is 0 Å². The minimum atomic E-state index is -4.46. The number of carboxylic acids is 1. The predicted molar refractivity (Wildman–Crippen MR) is 66.4 cm³/mol. The van der Waals surface area contributed by atoms with Crippen LogP contribution in [0.3, 0.4) is 0 Å². The molecule has 2 rings (SSSR count). The zero-order valence-corrected chi connectivity index (χ0v) is 10.9. The maximum absolute atomic E-state index is 12.9. The van der Waals surface area contributed by atoms with Gasteiger partial charge in [-0.2, -0.15) is 13.2 Å². The molecule has 1 N–H and O–H groups in total. The molecule has 0 saturated carbocycles. The number of alkyl halides is 3. The van der Waals surface area contributed by atoms with E-state index in [9.17, 15) is 18.0 Å². The van der Waals surface area contributed by atoms with Crippen LogP contribution in [0.5, 0.6) is 0 Å². The van der Waals surface area contributed by atoms with Crippen molar-refractivity contribution in [3.8, 4) is 0 Å². The van der Waals surface area contributed by atoms with Gasteiger partial charge in [0.05, 0.1) is 17.2 Å². The van der Waals surface area contributed by atoms with Crippen LogP contribution in [0.25, 0.3) is 0 Å². The first-order chi connectivity index (χ1) is 9.30. The van der Waals surface area contributed by atoms with E-state index >= 15 is 0 Å².